The molecule has 80 valence electrons. The third-order valence-corrected chi connectivity index (χ3v) is 2.86. The monoisotopic (exact) mass is 213 g/mol. The summed E-state index contributed by atoms with van der Waals surface area (Å²) in [5.41, 5.74) is 1.32. The molecule has 1 aliphatic carbocycles. The number of rotatable bonds is 1. The minimum Gasteiger partial charge on any atom is -0.381 e. The zero-order chi connectivity index (χ0) is 11.0. The number of nitrogens with one attached hydrogen (secondary N) is 1. The highest BCUT2D eigenvalue weighted by molar-refractivity contribution is 5.78. The number of fused-ring (bicyclic) bond motifs is 1. The van der Waals surface area contributed by atoms with Crippen molar-refractivity contribution in [1.82, 2.24) is 15.4 Å². The molecule has 4 nitrogen and oxygen atoms in total. The largest absolute Gasteiger partial charge is 0.381 e. The third kappa shape index (κ3) is 1.27. The lowest BCUT2D eigenvalue weighted by Gasteiger charge is -2.25. The second-order valence-corrected chi connectivity index (χ2v) is 3.91. The van der Waals surface area contributed by atoms with Gasteiger partial charge in [-0.15, -0.1) is 0 Å². The van der Waals surface area contributed by atoms with Gasteiger partial charge in [0.1, 0.15) is 16.6 Å². The first-order valence-corrected chi connectivity index (χ1v) is 5.16. The Morgan fingerprint density at radius 3 is 3.00 bits per heavy atom. The number of hydrogen-bond donors (Lipinski definition) is 2. The number of nitrogens with zero attached hydrogens (tertiary/aromatic N) is 2. The summed E-state index contributed by atoms with van der Waals surface area (Å²) in [6.45, 7) is 0. The Morgan fingerprint density at radius 1 is 1.25 bits per heavy atom. The summed E-state index contributed by atoms with van der Waals surface area (Å²) in [6, 6.07) is 5.63. The van der Waals surface area contributed by atoms with E-state index in [4.69, 9.17) is 0 Å². The molecule has 0 spiro atoms. The van der Waals surface area contributed by atoms with Gasteiger partial charge in [0, 0.05) is 12.0 Å². The lowest BCUT2D eigenvalue weighted by atomic mass is 9.87. The topological polar surface area (TPSA) is 61.8 Å². The average Bonchev–Trinajstić information content (AvgIpc) is 2.77. The molecule has 0 bridgehead atoms. The molecular weight excluding hydrogens is 202 g/mol. The molecule has 1 aliphatic rings. The molecule has 1 heterocycles. The molecule has 1 unspecified atom stereocenters. The highest BCUT2D eigenvalue weighted by atomic mass is 16.3. The Morgan fingerprint density at radius 2 is 2.19 bits per heavy atom. The van der Waals surface area contributed by atoms with Gasteiger partial charge in [0.25, 0.3) is 0 Å². The number of hydrogen-bond acceptors (Lipinski definition) is 3. The van der Waals surface area contributed by atoms with Crippen molar-refractivity contribution < 1.29 is 5.11 Å². The summed E-state index contributed by atoms with van der Waals surface area (Å²) < 4.78 is 0. The predicted molar refractivity (Wildman–Crippen MR) is 60.7 cm³/mol. The minimum absolute atomic E-state index is 0.565. The van der Waals surface area contributed by atoms with E-state index in [9.17, 15) is 5.11 Å². The zero-order valence-corrected chi connectivity index (χ0v) is 8.59. The van der Waals surface area contributed by atoms with Crippen LogP contribution in [0.1, 0.15) is 12.0 Å². The van der Waals surface area contributed by atoms with Crippen molar-refractivity contribution in [3.05, 3.63) is 48.1 Å². The molecule has 0 aliphatic heterocycles. The highest BCUT2D eigenvalue weighted by Crippen LogP contribution is 2.33. The Hall–Kier alpha value is -1.94. The van der Waals surface area contributed by atoms with Crippen LogP contribution < -0.4 is 0 Å². The number of aromatic amines is 1. The molecule has 2 aromatic rings. The normalized spacial score (nSPS) is 24.1. The van der Waals surface area contributed by atoms with Gasteiger partial charge < -0.3 is 5.11 Å². The maximum absolute atomic E-state index is 10.5. The lowest BCUT2D eigenvalue weighted by molar-refractivity contribution is 0.0930. The van der Waals surface area contributed by atoms with Crippen LogP contribution in [0.15, 0.2) is 42.5 Å². The maximum atomic E-state index is 10.5. The summed E-state index contributed by atoms with van der Waals surface area (Å²) >= 11 is 0. The first-order valence-electron chi connectivity index (χ1n) is 5.16. The molecule has 0 saturated carbocycles. The van der Waals surface area contributed by atoms with Gasteiger partial charge in [-0.1, -0.05) is 30.4 Å². The van der Waals surface area contributed by atoms with Gasteiger partial charge in [0.05, 0.1) is 0 Å². The van der Waals surface area contributed by atoms with Gasteiger partial charge >= 0.3 is 0 Å². The van der Waals surface area contributed by atoms with Crippen molar-refractivity contribution in [1.29, 1.82) is 0 Å². The number of para-hydroxylation sites is 1. The van der Waals surface area contributed by atoms with Crippen LogP contribution in [0, 0.1) is 0 Å². The zero-order valence-electron chi connectivity index (χ0n) is 8.59. The molecule has 16 heavy (non-hydrogen) atoms. The van der Waals surface area contributed by atoms with Gasteiger partial charge in [-0.05, 0) is 12.1 Å². The Balaban J connectivity index is 2.22. The Labute approximate surface area is 92.3 Å². The van der Waals surface area contributed by atoms with Crippen molar-refractivity contribution in [2.24, 2.45) is 0 Å². The predicted octanol–water partition coefficient (Wildman–Crippen LogP) is 1.66. The molecule has 1 aromatic carbocycles. The second-order valence-electron chi connectivity index (χ2n) is 3.91. The average molecular weight is 213 g/mol. The number of H-pyrrole nitrogens is 1. The van der Waals surface area contributed by atoms with Crippen molar-refractivity contribution in [2.45, 2.75) is 12.0 Å². The fourth-order valence-electron chi connectivity index (χ4n) is 2.03. The molecule has 0 saturated heterocycles. The smallest absolute Gasteiger partial charge is 0.119 e. The van der Waals surface area contributed by atoms with E-state index >= 15 is 0 Å². The number of benzene rings is 1. The molecule has 1 aromatic heterocycles. The highest BCUT2D eigenvalue weighted by Gasteiger charge is 2.28. The van der Waals surface area contributed by atoms with E-state index < -0.39 is 5.60 Å². The summed E-state index contributed by atoms with van der Waals surface area (Å²) in [5.74, 6) is 0. The van der Waals surface area contributed by atoms with E-state index in [1.807, 2.05) is 36.4 Å². The van der Waals surface area contributed by atoms with Crippen LogP contribution in [0.5, 0.6) is 0 Å². The van der Waals surface area contributed by atoms with Crippen molar-refractivity contribution in [3.63, 3.8) is 0 Å². The van der Waals surface area contributed by atoms with Gasteiger partial charge in [-0.3, -0.25) is 0 Å². The van der Waals surface area contributed by atoms with Crippen molar-refractivity contribution in [3.8, 4) is 0 Å². The summed E-state index contributed by atoms with van der Waals surface area (Å²) in [4.78, 5) is 0. The van der Waals surface area contributed by atoms with Crippen LogP contribution in [0.2, 0.25) is 0 Å². The minimum atomic E-state index is -0.967. The van der Waals surface area contributed by atoms with Gasteiger partial charge in [0.2, 0.25) is 0 Å². The quantitative estimate of drug-likeness (QED) is 0.757. The van der Waals surface area contributed by atoms with E-state index in [0.717, 1.165) is 16.6 Å². The van der Waals surface area contributed by atoms with E-state index in [1.165, 1.54) is 0 Å². The molecule has 1 atom stereocenters. The Kier molecular flexibility index (Phi) is 1.91. The second kappa shape index (κ2) is 3.28. The van der Waals surface area contributed by atoms with Crippen LogP contribution in [-0.2, 0) is 5.60 Å². The van der Waals surface area contributed by atoms with E-state index in [1.54, 1.807) is 6.08 Å². The van der Waals surface area contributed by atoms with E-state index in [0.29, 0.717) is 6.42 Å². The van der Waals surface area contributed by atoms with E-state index in [-0.39, 0.29) is 0 Å². The first-order chi connectivity index (χ1) is 7.80. The molecule has 0 fully saturated rings. The number of aromatic nitrogens is 3. The van der Waals surface area contributed by atoms with Crippen LogP contribution in [0.4, 0.5) is 0 Å². The van der Waals surface area contributed by atoms with Crippen LogP contribution in [-0.4, -0.2) is 20.5 Å². The fraction of sp³-hybridized carbons (Fsp3) is 0.167. The summed E-state index contributed by atoms with van der Waals surface area (Å²) in [6.07, 6.45) is 8.07. The number of aliphatic hydroxyl groups is 1. The van der Waals surface area contributed by atoms with Gasteiger partial charge in [0.15, 0.2) is 0 Å². The van der Waals surface area contributed by atoms with Gasteiger partial charge in [-0.25, -0.2) is 0 Å². The molecule has 2 N–H and O–H groups in total. The first kappa shape index (κ1) is 9.30. The van der Waals surface area contributed by atoms with Crippen LogP contribution in [0.25, 0.3) is 11.0 Å². The third-order valence-electron chi connectivity index (χ3n) is 2.86. The summed E-state index contributed by atoms with van der Waals surface area (Å²) in [7, 11) is 0. The maximum Gasteiger partial charge on any atom is 0.119 e. The number of allylic oxidation sites excluding steroid dienone is 2. The molecule has 4 heteroatoms. The molecule has 3 rings (SSSR count). The molecule has 0 radical (unpaired) electrons. The molecule has 0 amide bonds. The van der Waals surface area contributed by atoms with Crippen LogP contribution in [0.3, 0.4) is 0 Å². The van der Waals surface area contributed by atoms with Crippen molar-refractivity contribution >= 4 is 11.0 Å². The SMILES string of the molecule is OC1(c2cccc3n[nH]nc23)C=CC=CC1. The van der Waals surface area contributed by atoms with Crippen molar-refractivity contribution in [2.75, 3.05) is 0 Å². The van der Waals surface area contributed by atoms with E-state index in [2.05, 4.69) is 15.4 Å². The standard InChI is InChI=1S/C12H11N3O/c16-12(7-2-1-3-8-12)9-5-4-6-10-11(9)14-15-13-10/h1-7,16H,8H2,(H,13,14,15). The Bertz CT molecular complexity index is 585. The molecular formula is C12H11N3O. The van der Waals surface area contributed by atoms with Crippen LogP contribution >= 0.6 is 0 Å². The van der Waals surface area contributed by atoms with Gasteiger partial charge in [-0.2, -0.15) is 15.4 Å². The summed E-state index contributed by atoms with van der Waals surface area (Å²) in [5, 5.41) is 21.2. The lowest BCUT2D eigenvalue weighted by Crippen LogP contribution is -2.23. The fourth-order valence-corrected chi connectivity index (χ4v) is 2.03.